The number of hydrogen-bond donors (Lipinski definition) is 2. The number of aromatic nitrogens is 2. The molecule has 2 aliphatic heterocycles. The lowest BCUT2D eigenvalue weighted by molar-refractivity contribution is -0.00798. The molecule has 0 saturated carbocycles. The average molecular weight is 556 g/mol. The van der Waals surface area contributed by atoms with Crippen molar-refractivity contribution in [1.82, 2.24) is 24.7 Å². The van der Waals surface area contributed by atoms with E-state index in [1.807, 2.05) is 13.2 Å². The number of halogens is 1. The normalized spacial score (nSPS) is 23.1. The van der Waals surface area contributed by atoms with Crippen LogP contribution in [-0.4, -0.2) is 87.4 Å². The molecule has 12 heteroatoms. The van der Waals surface area contributed by atoms with Gasteiger partial charge in [-0.3, -0.25) is 9.67 Å². The van der Waals surface area contributed by atoms with E-state index in [1.54, 1.807) is 17.9 Å². The SMILES string of the molecule is CN=C(NCCS(=O)(=O)NCC1CCCCO1)N1CCOC(c2cnn(C)c2)C1.I. The van der Waals surface area contributed by atoms with Gasteiger partial charge in [0.25, 0.3) is 0 Å². The zero-order valence-electron chi connectivity index (χ0n) is 17.6. The van der Waals surface area contributed by atoms with E-state index in [1.165, 1.54) is 0 Å². The molecule has 1 aromatic rings. The zero-order valence-corrected chi connectivity index (χ0v) is 20.8. The Hall–Kier alpha value is -0.960. The lowest BCUT2D eigenvalue weighted by atomic mass is 10.1. The Labute approximate surface area is 195 Å². The Bertz CT molecular complexity index is 781. The van der Waals surface area contributed by atoms with Crippen molar-refractivity contribution >= 4 is 40.0 Å². The van der Waals surface area contributed by atoms with Crippen LogP contribution in [0.3, 0.4) is 0 Å². The van der Waals surface area contributed by atoms with Crippen molar-refractivity contribution in [3.8, 4) is 0 Å². The standard InChI is InChI=1S/C18H32N6O4S.HI/c1-19-18(24-7-9-28-17(14-24)15-11-21-23(2)13-15)20-6-10-29(25,26)22-12-16-5-3-4-8-27-16;/h11,13,16-17,22H,3-10,12,14H2,1-2H3,(H,19,20);1H. The molecule has 2 unspecified atom stereocenters. The van der Waals surface area contributed by atoms with Gasteiger partial charge >= 0.3 is 0 Å². The summed E-state index contributed by atoms with van der Waals surface area (Å²) >= 11 is 0. The minimum absolute atomic E-state index is 0. The molecule has 3 rings (SSSR count). The van der Waals surface area contributed by atoms with Gasteiger partial charge in [0.15, 0.2) is 5.96 Å². The monoisotopic (exact) mass is 556 g/mol. The van der Waals surface area contributed by atoms with Crippen molar-refractivity contribution in [3.05, 3.63) is 18.0 Å². The molecule has 0 aromatic carbocycles. The fourth-order valence-corrected chi connectivity index (χ4v) is 4.49. The molecule has 2 atom stereocenters. The topological polar surface area (TPSA) is 110 Å². The van der Waals surface area contributed by atoms with Gasteiger partial charge in [-0.1, -0.05) is 0 Å². The summed E-state index contributed by atoms with van der Waals surface area (Å²) in [6, 6.07) is 0. The fourth-order valence-electron chi connectivity index (χ4n) is 3.54. The predicted molar refractivity (Wildman–Crippen MR) is 126 cm³/mol. The summed E-state index contributed by atoms with van der Waals surface area (Å²) in [6.45, 7) is 3.23. The predicted octanol–water partition coefficient (Wildman–Crippen LogP) is 0.475. The van der Waals surface area contributed by atoms with E-state index in [0.29, 0.717) is 38.8 Å². The quantitative estimate of drug-likeness (QED) is 0.286. The second-order valence-electron chi connectivity index (χ2n) is 7.38. The highest BCUT2D eigenvalue weighted by Crippen LogP contribution is 2.21. The van der Waals surface area contributed by atoms with E-state index in [0.717, 1.165) is 24.8 Å². The van der Waals surface area contributed by atoms with Crippen molar-refractivity contribution < 1.29 is 17.9 Å². The minimum Gasteiger partial charge on any atom is -0.377 e. The maximum Gasteiger partial charge on any atom is 0.213 e. The van der Waals surface area contributed by atoms with Gasteiger partial charge < -0.3 is 19.7 Å². The summed E-state index contributed by atoms with van der Waals surface area (Å²) in [5.41, 5.74) is 1.02. The maximum atomic E-state index is 12.3. The number of morpholine rings is 1. The lowest BCUT2D eigenvalue weighted by Gasteiger charge is -2.34. The molecule has 2 aliphatic rings. The van der Waals surface area contributed by atoms with Crippen LogP contribution in [0.4, 0.5) is 0 Å². The van der Waals surface area contributed by atoms with Crippen molar-refractivity contribution in [1.29, 1.82) is 0 Å². The van der Waals surface area contributed by atoms with E-state index >= 15 is 0 Å². The lowest BCUT2D eigenvalue weighted by Crippen LogP contribution is -2.49. The maximum absolute atomic E-state index is 12.3. The Balaban J connectivity index is 0.00000320. The van der Waals surface area contributed by atoms with Gasteiger partial charge in [0.05, 0.1) is 31.2 Å². The van der Waals surface area contributed by atoms with Crippen molar-refractivity contribution in [2.45, 2.75) is 31.5 Å². The van der Waals surface area contributed by atoms with Gasteiger partial charge in [-0.25, -0.2) is 13.1 Å². The molecule has 0 radical (unpaired) electrons. The van der Waals surface area contributed by atoms with Crippen LogP contribution in [0, 0.1) is 0 Å². The molecule has 30 heavy (non-hydrogen) atoms. The Kier molecular flexibility index (Phi) is 10.3. The first-order chi connectivity index (χ1) is 14.0. The summed E-state index contributed by atoms with van der Waals surface area (Å²) < 4.78 is 40.4. The zero-order chi connectivity index (χ0) is 20.7. The van der Waals surface area contributed by atoms with E-state index in [4.69, 9.17) is 9.47 Å². The van der Waals surface area contributed by atoms with Crippen molar-refractivity contribution in [2.24, 2.45) is 12.0 Å². The van der Waals surface area contributed by atoms with E-state index in [-0.39, 0.29) is 48.5 Å². The number of sulfonamides is 1. The van der Waals surface area contributed by atoms with Crippen LogP contribution in [-0.2, 0) is 26.5 Å². The molecule has 0 bridgehead atoms. The molecule has 2 fully saturated rings. The summed E-state index contributed by atoms with van der Waals surface area (Å²) in [5.74, 6) is 0.655. The summed E-state index contributed by atoms with van der Waals surface area (Å²) in [5, 5.41) is 7.36. The van der Waals surface area contributed by atoms with E-state index in [2.05, 4.69) is 25.0 Å². The first kappa shape index (κ1) is 25.3. The van der Waals surface area contributed by atoms with Crippen molar-refractivity contribution in [3.63, 3.8) is 0 Å². The Morgan fingerprint density at radius 3 is 2.83 bits per heavy atom. The largest absolute Gasteiger partial charge is 0.377 e. The van der Waals surface area contributed by atoms with Gasteiger partial charge in [-0.15, -0.1) is 24.0 Å². The number of rotatable bonds is 7. The third-order valence-corrected chi connectivity index (χ3v) is 6.48. The van der Waals surface area contributed by atoms with Gasteiger partial charge in [-0.2, -0.15) is 5.10 Å². The van der Waals surface area contributed by atoms with Gasteiger partial charge in [0, 0.05) is 52.1 Å². The number of nitrogens with one attached hydrogen (secondary N) is 2. The van der Waals surface area contributed by atoms with Crippen LogP contribution in [0.1, 0.15) is 30.9 Å². The molecule has 3 heterocycles. The summed E-state index contributed by atoms with van der Waals surface area (Å²) in [7, 11) is 0.205. The molecule has 10 nitrogen and oxygen atoms in total. The van der Waals surface area contributed by atoms with Crippen LogP contribution < -0.4 is 10.0 Å². The second kappa shape index (κ2) is 12.2. The average Bonchev–Trinajstić information content (AvgIpc) is 3.17. The number of aliphatic imine (C=N–C) groups is 1. The second-order valence-corrected chi connectivity index (χ2v) is 9.31. The van der Waals surface area contributed by atoms with Crippen LogP contribution >= 0.6 is 24.0 Å². The molecular formula is C18H33IN6O4S. The highest BCUT2D eigenvalue weighted by Gasteiger charge is 2.25. The third-order valence-electron chi connectivity index (χ3n) is 5.13. The third kappa shape index (κ3) is 7.62. The highest BCUT2D eigenvalue weighted by atomic mass is 127. The van der Waals surface area contributed by atoms with Gasteiger partial charge in [0.2, 0.25) is 10.0 Å². The van der Waals surface area contributed by atoms with Gasteiger partial charge in [-0.05, 0) is 19.3 Å². The number of guanidine groups is 1. The molecule has 2 saturated heterocycles. The molecular weight excluding hydrogens is 523 g/mol. The Morgan fingerprint density at radius 1 is 1.33 bits per heavy atom. The van der Waals surface area contributed by atoms with Crippen molar-refractivity contribution in [2.75, 3.05) is 52.2 Å². The van der Waals surface area contributed by atoms with Crippen LogP contribution in [0.2, 0.25) is 0 Å². The molecule has 2 N–H and O–H groups in total. The van der Waals surface area contributed by atoms with E-state index in [9.17, 15) is 8.42 Å². The first-order valence-electron chi connectivity index (χ1n) is 10.1. The summed E-state index contributed by atoms with van der Waals surface area (Å²) in [6.07, 6.45) is 6.69. The van der Waals surface area contributed by atoms with Crippen LogP contribution in [0.15, 0.2) is 17.4 Å². The Morgan fingerprint density at radius 2 is 2.17 bits per heavy atom. The fraction of sp³-hybridized carbons (Fsp3) is 0.778. The molecule has 0 aliphatic carbocycles. The van der Waals surface area contributed by atoms with E-state index < -0.39 is 10.0 Å². The molecule has 0 spiro atoms. The first-order valence-corrected chi connectivity index (χ1v) is 11.8. The summed E-state index contributed by atoms with van der Waals surface area (Å²) in [4.78, 5) is 6.38. The minimum atomic E-state index is -3.37. The molecule has 172 valence electrons. The number of ether oxygens (including phenoxy) is 2. The molecule has 0 amide bonds. The highest BCUT2D eigenvalue weighted by molar-refractivity contribution is 14.0. The van der Waals surface area contributed by atoms with Crippen LogP contribution in [0.25, 0.3) is 0 Å². The number of aryl methyl sites for hydroxylation is 1. The number of hydrogen-bond acceptors (Lipinski definition) is 6. The van der Waals surface area contributed by atoms with Gasteiger partial charge in [0.1, 0.15) is 6.10 Å². The number of nitrogens with zero attached hydrogens (tertiary/aromatic N) is 4. The molecule has 1 aromatic heterocycles. The van der Waals surface area contributed by atoms with Crippen LogP contribution in [0.5, 0.6) is 0 Å². The smallest absolute Gasteiger partial charge is 0.213 e.